The third-order valence-electron chi connectivity index (χ3n) is 9.95. The maximum absolute atomic E-state index is 4.31. The fourth-order valence-electron chi connectivity index (χ4n) is 8.10. The van der Waals surface area contributed by atoms with Gasteiger partial charge in [-0.15, -0.1) is 6.58 Å². The molecule has 1 heteroatoms. The van der Waals surface area contributed by atoms with Crippen molar-refractivity contribution in [3.63, 3.8) is 0 Å². The van der Waals surface area contributed by atoms with Crippen LogP contribution < -0.4 is 5.32 Å². The molecule has 4 aliphatic rings. The van der Waals surface area contributed by atoms with E-state index in [1.54, 1.807) is 0 Å². The first kappa shape index (κ1) is 21.9. The van der Waals surface area contributed by atoms with Crippen molar-refractivity contribution in [1.29, 1.82) is 0 Å². The van der Waals surface area contributed by atoms with Crippen molar-refractivity contribution in [2.24, 2.45) is 41.4 Å². The number of nitrogens with one attached hydrogen (secondary N) is 1. The second-order valence-electron chi connectivity index (χ2n) is 11.7. The van der Waals surface area contributed by atoms with Crippen molar-refractivity contribution in [1.82, 2.24) is 5.32 Å². The molecular formula is C28H49N. The van der Waals surface area contributed by atoms with Crippen molar-refractivity contribution in [3.05, 3.63) is 12.7 Å². The van der Waals surface area contributed by atoms with Crippen LogP contribution in [0.5, 0.6) is 0 Å². The Morgan fingerprint density at radius 2 is 1.28 bits per heavy atom. The van der Waals surface area contributed by atoms with Gasteiger partial charge >= 0.3 is 0 Å². The Hall–Kier alpha value is -0.300. The van der Waals surface area contributed by atoms with E-state index in [2.05, 4.69) is 31.8 Å². The van der Waals surface area contributed by atoms with Crippen LogP contribution in [0.3, 0.4) is 0 Å². The van der Waals surface area contributed by atoms with Gasteiger partial charge in [-0.2, -0.15) is 0 Å². The minimum atomic E-state index is 0.778. The maximum atomic E-state index is 4.31. The van der Waals surface area contributed by atoms with Crippen LogP contribution >= 0.6 is 0 Å². The topological polar surface area (TPSA) is 12.0 Å². The summed E-state index contributed by atoms with van der Waals surface area (Å²) in [4.78, 5) is 0. The third kappa shape index (κ3) is 5.31. The second-order valence-corrected chi connectivity index (χ2v) is 11.7. The molecule has 166 valence electrons. The fourth-order valence-corrected chi connectivity index (χ4v) is 8.10. The Morgan fingerprint density at radius 1 is 0.621 bits per heavy atom. The zero-order chi connectivity index (χ0) is 20.2. The van der Waals surface area contributed by atoms with E-state index >= 15 is 0 Å². The number of hydrogen-bond donors (Lipinski definition) is 1. The highest BCUT2D eigenvalue weighted by atomic mass is 15.0. The Labute approximate surface area is 181 Å². The molecular weight excluding hydrogens is 350 g/mol. The molecule has 1 N–H and O–H groups in total. The molecule has 4 saturated carbocycles. The highest BCUT2D eigenvalue weighted by Crippen LogP contribution is 2.45. The van der Waals surface area contributed by atoms with Gasteiger partial charge in [0, 0.05) is 12.1 Å². The van der Waals surface area contributed by atoms with Gasteiger partial charge in [0.1, 0.15) is 0 Å². The molecule has 0 amide bonds. The summed E-state index contributed by atoms with van der Waals surface area (Å²) in [7, 11) is 0. The largest absolute Gasteiger partial charge is 0.311 e. The van der Waals surface area contributed by atoms with Gasteiger partial charge < -0.3 is 5.32 Å². The Morgan fingerprint density at radius 3 is 2.00 bits per heavy atom. The van der Waals surface area contributed by atoms with Crippen LogP contribution in [0.15, 0.2) is 12.7 Å². The van der Waals surface area contributed by atoms with E-state index in [9.17, 15) is 0 Å². The molecule has 6 unspecified atom stereocenters. The lowest BCUT2D eigenvalue weighted by atomic mass is 9.63. The molecule has 1 nitrogen and oxygen atoms in total. The smallest absolute Gasteiger partial charge is 0.0101 e. The normalized spacial score (nSPS) is 45.0. The highest BCUT2D eigenvalue weighted by molar-refractivity contribution is 4.95. The van der Waals surface area contributed by atoms with Crippen molar-refractivity contribution in [2.45, 2.75) is 122 Å². The summed E-state index contributed by atoms with van der Waals surface area (Å²) in [6.45, 7) is 9.21. The summed E-state index contributed by atoms with van der Waals surface area (Å²) in [5.41, 5.74) is 0. The molecule has 4 fully saturated rings. The van der Waals surface area contributed by atoms with Crippen LogP contribution in [0.4, 0.5) is 0 Å². The Bertz CT molecular complexity index is 498. The molecule has 0 aromatic heterocycles. The molecule has 0 bridgehead atoms. The molecule has 0 spiro atoms. The fraction of sp³-hybridized carbons (Fsp3) is 0.929. The first-order valence-corrected chi connectivity index (χ1v) is 13.5. The molecule has 4 aliphatic carbocycles. The maximum Gasteiger partial charge on any atom is 0.0101 e. The summed E-state index contributed by atoms with van der Waals surface area (Å²) < 4.78 is 0. The zero-order valence-corrected chi connectivity index (χ0v) is 19.6. The monoisotopic (exact) mass is 399 g/mol. The second kappa shape index (κ2) is 10.3. The predicted molar refractivity (Wildman–Crippen MR) is 126 cm³/mol. The highest BCUT2D eigenvalue weighted by Gasteiger charge is 2.40. The minimum absolute atomic E-state index is 0.778. The number of allylic oxidation sites excluding steroid dienone is 1. The van der Waals surface area contributed by atoms with Crippen molar-refractivity contribution in [2.75, 3.05) is 0 Å². The molecule has 29 heavy (non-hydrogen) atoms. The molecule has 0 radical (unpaired) electrons. The zero-order valence-electron chi connectivity index (χ0n) is 19.6. The summed E-state index contributed by atoms with van der Waals surface area (Å²) in [5, 5.41) is 4.31. The van der Waals surface area contributed by atoms with Gasteiger partial charge in [0.2, 0.25) is 0 Å². The summed E-state index contributed by atoms with van der Waals surface area (Å²) >= 11 is 0. The standard InChI is InChI=1S/C28H49N/c1-4-22-14-16-24(17-15-22)26-18-21(3)28(19-20(26)2)29-27-13-9-8-12-25(27)23-10-6-5-7-11-23/h4,20-29H,1,5-19H2,2-3H3. The molecule has 4 rings (SSSR count). The van der Waals surface area contributed by atoms with E-state index in [0.717, 1.165) is 53.5 Å². The van der Waals surface area contributed by atoms with Crippen molar-refractivity contribution in [3.8, 4) is 0 Å². The van der Waals surface area contributed by atoms with Crippen LogP contribution in [0.25, 0.3) is 0 Å². The van der Waals surface area contributed by atoms with E-state index < -0.39 is 0 Å². The van der Waals surface area contributed by atoms with E-state index in [-0.39, 0.29) is 0 Å². The molecule has 6 atom stereocenters. The SMILES string of the molecule is C=CC1CCC(C2CC(C)C(NC3CCCCC3C3CCCCC3)CC2C)CC1. The summed E-state index contributed by atoms with van der Waals surface area (Å²) in [5.74, 6) is 6.57. The molecule has 0 aliphatic heterocycles. The van der Waals surface area contributed by atoms with Crippen LogP contribution in [-0.2, 0) is 0 Å². The van der Waals surface area contributed by atoms with Gasteiger partial charge in [-0.25, -0.2) is 0 Å². The average molecular weight is 400 g/mol. The van der Waals surface area contributed by atoms with E-state index in [4.69, 9.17) is 0 Å². The lowest BCUT2D eigenvalue weighted by Crippen LogP contribution is -2.52. The number of hydrogen-bond acceptors (Lipinski definition) is 1. The Kier molecular flexibility index (Phi) is 7.81. The average Bonchev–Trinajstić information content (AvgIpc) is 2.77. The van der Waals surface area contributed by atoms with Crippen molar-refractivity contribution < 1.29 is 0 Å². The molecule has 0 saturated heterocycles. The molecule has 0 aromatic carbocycles. The summed E-state index contributed by atoms with van der Waals surface area (Å²) in [6.07, 6.45) is 24.3. The van der Waals surface area contributed by atoms with E-state index in [1.807, 2.05) is 0 Å². The van der Waals surface area contributed by atoms with E-state index in [1.165, 1.54) is 96.3 Å². The first-order chi connectivity index (χ1) is 14.2. The van der Waals surface area contributed by atoms with Crippen LogP contribution in [-0.4, -0.2) is 12.1 Å². The van der Waals surface area contributed by atoms with Gasteiger partial charge in [-0.3, -0.25) is 0 Å². The number of rotatable bonds is 5. The van der Waals surface area contributed by atoms with Crippen molar-refractivity contribution >= 4 is 0 Å². The van der Waals surface area contributed by atoms with Crippen LogP contribution in [0.1, 0.15) is 110 Å². The third-order valence-corrected chi connectivity index (χ3v) is 9.95. The van der Waals surface area contributed by atoms with Gasteiger partial charge in [0.25, 0.3) is 0 Å². The lowest BCUT2D eigenvalue weighted by Gasteiger charge is -2.47. The van der Waals surface area contributed by atoms with Crippen LogP contribution in [0.2, 0.25) is 0 Å². The molecule has 0 aromatic rings. The van der Waals surface area contributed by atoms with Gasteiger partial charge in [0.15, 0.2) is 0 Å². The molecule has 0 heterocycles. The predicted octanol–water partition coefficient (Wildman–Crippen LogP) is 7.76. The van der Waals surface area contributed by atoms with Gasteiger partial charge in [-0.1, -0.05) is 64.9 Å². The van der Waals surface area contributed by atoms with Crippen LogP contribution in [0, 0.1) is 41.4 Å². The quantitative estimate of drug-likeness (QED) is 0.466. The first-order valence-electron chi connectivity index (χ1n) is 13.5. The Balaban J connectivity index is 1.33. The minimum Gasteiger partial charge on any atom is -0.311 e. The lowest BCUT2D eigenvalue weighted by molar-refractivity contribution is 0.0621. The van der Waals surface area contributed by atoms with Gasteiger partial charge in [-0.05, 0) is 92.8 Å². The van der Waals surface area contributed by atoms with Gasteiger partial charge in [0.05, 0.1) is 0 Å². The summed E-state index contributed by atoms with van der Waals surface area (Å²) in [6, 6.07) is 1.60. The van der Waals surface area contributed by atoms with E-state index in [0.29, 0.717) is 0 Å².